The molecule has 0 unspecified atom stereocenters. The molecule has 23 heavy (non-hydrogen) atoms. The van der Waals surface area contributed by atoms with Crippen LogP contribution in [0.5, 0.6) is 0 Å². The van der Waals surface area contributed by atoms with E-state index in [0.29, 0.717) is 0 Å². The van der Waals surface area contributed by atoms with E-state index in [1.54, 1.807) is 6.07 Å². The second-order valence-electron chi connectivity index (χ2n) is 5.09. The lowest BCUT2D eigenvalue weighted by Crippen LogP contribution is -2.45. The van der Waals surface area contributed by atoms with Crippen LogP contribution in [-0.4, -0.2) is 44.0 Å². The zero-order chi connectivity index (χ0) is 17.5. The van der Waals surface area contributed by atoms with Gasteiger partial charge in [0.15, 0.2) is 15.6 Å². The Bertz CT molecular complexity index is 803. The van der Waals surface area contributed by atoms with E-state index in [2.05, 4.69) is 4.72 Å². The minimum Gasteiger partial charge on any atom is -0.294 e. The number of hydrogen-bond acceptors (Lipinski definition) is 5. The predicted octanol–water partition coefficient (Wildman–Crippen LogP) is 1.32. The van der Waals surface area contributed by atoms with Crippen LogP contribution in [0.3, 0.4) is 0 Å². The molecule has 1 fully saturated rings. The van der Waals surface area contributed by atoms with Crippen molar-refractivity contribution in [1.29, 1.82) is 0 Å². The maximum atomic E-state index is 12.3. The average Bonchev–Trinajstić information content (AvgIpc) is 2.72. The molecule has 2 atom stereocenters. The van der Waals surface area contributed by atoms with Crippen LogP contribution < -0.4 is 4.72 Å². The average molecular weight is 421 g/mol. The maximum Gasteiger partial charge on any atom is 0.249 e. The van der Waals surface area contributed by atoms with Gasteiger partial charge in [-0.25, -0.2) is 21.6 Å². The first-order valence-corrected chi connectivity index (χ1v) is 10.7. The van der Waals surface area contributed by atoms with E-state index >= 15 is 0 Å². The molecule has 1 saturated heterocycles. The van der Waals surface area contributed by atoms with E-state index in [1.165, 1.54) is 24.3 Å². The number of nitrogens with one attached hydrogen (secondary N) is 1. The van der Waals surface area contributed by atoms with Gasteiger partial charge >= 0.3 is 0 Å². The Morgan fingerprint density at radius 1 is 1.13 bits per heavy atom. The Labute approximate surface area is 149 Å². The minimum atomic E-state index is -4.00. The van der Waals surface area contributed by atoms with Gasteiger partial charge in [0.25, 0.3) is 0 Å². The van der Waals surface area contributed by atoms with Crippen molar-refractivity contribution in [3.05, 3.63) is 30.3 Å². The highest BCUT2D eigenvalue weighted by Crippen LogP contribution is 2.34. The van der Waals surface area contributed by atoms with Crippen molar-refractivity contribution in [2.75, 3.05) is 11.5 Å². The standard InChI is InChI=1S/C12H12Cl3NO5S2/c13-12(14,15)11(17)9-6-22(18,19)7-10(9)16-23(20,21)8-4-2-1-3-5-8/h1-5,9-10,16H,6-7H2/t9-,10-/m1/s1. The molecule has 0 spiro atoms. The Morgan fingerprint density at radius 2 is 1.70 bits per heavy atom. The zero-order valence-electron chi connectivity index (χ0n) is 11.4. The summed E-state index contributed by atoms with van der Waals surface area (Å²) < 4.78 is 48.1. The third-order valence-electron chi connectivity index (χ3n) is 3.33. The van der Waals surface area contributed by atoms with Gasteiger partial charge in [-0.15, -0.1) is 0 Å². The molecule has 128 valence electrons. The molecule has 11 heteroatoms. The molecule has 1 N–H and O–H groups in total. The SMILES string of the molecule is O=C([C@@H]1CS(=O)(=O)C[C@H]1NS(=O)(=O)c1ccccc1)C(Cl)(Cl)Cl. The van der Waals surface area contributed by atoms with Crippen molar-refractivity contribution < 1.29 is 21.6 Å². The van der Waals surface area contributed by atoms with Gasteiger partial charge in [-0.1, -0.05) is 53.0 Å². The van der Waals surface area contributed by atoms with Gasteiger partial charge in [-0.2, -0.15) is 0 Å². The summed E-state index contributed by atoms with van der Waals surface area (Å²) in [5.74, 6) is -3.31. The molecule has 1 aliphatic rings. The van der Waals surface area contributed by atoms with Crippen molar-refractivity contribution in [3.8, 4) is 0 Å². The van der Waals surface area contributed by atoms with Crippen molar-refractivity contribution in [2.45, 2.75) is 14.7 Å². The minimum absolute atomic E-state index is 0.0515. The number of carbonyl (C=O) groups is 1. The number of hydrogen-bond donors (Lipinski definition) is 1. The fourth-order valence-corrected chi connectivity index (χ4v) is 6.05. The van der Waals surface area contributed by atoms with E-state index in [9.17, 15) is 21.6 Å². The first kappa shape index (κ1) is 19.0. The molecule has 0 bridgehead atoms. The lowest BCUT2D eigenvalue weighted by atomic mass is 10.0. The number of Topliss-reactive ketones (excluding diaryl/α,β-unsaturated/α-hetero) is 1. The molecular weight excluding hydrogens is 409 g/mol. The van der Waals surface area contributed by atoms with E-state index in [0.717, 1.165) is 0 Å². The van der Waals surface area contributed by atoms with Gasteiger partial charge in [0, 0.05) is 6.04 Å². The maximum absolute atomic E-state index is 12.3. The van der Waals surface area contributed by atoms with E-state index < -0.39 is 52.9 Å². The third kappa shape index (κ3) is 4.58. The number of benzene rings is 1. The molecule has 0 amide bonds. The van der Waals surface area contributed by atoms with Gasteiger partial charge in [-0.05, 0) is 12.1 Å². The van der Waals surface area contributed by atoms with Gasteiger partial charge in [0.1, 0.15) is 0 Å². The van der Waals surface area contributed by atoms with Crippen LogP contribution in [0.4, 0.5) is 0 Å². The van der Waals surface area contributed by atoms with Crippen molar-refractivity contribution in [2.24, 2.45) is 5.92 Å². The van der Waals surface area contributed by atoms with Crippen molar-refractivity contribution in [3.63, 3.8) is 0 Å². The number of ketones is 1. The second kappa shape index (κ2) is 6.50. The zero-order valence-corrected chi connectivity index (χ0v) is 15.3. The largest absolute Gasteiger partial charge is 0.294 e. The van der Waals surface area contributed by atoms with Crippen LogP contribution in [0, 0.1) is 5.92 Å². The summed E-state index contributed by atoms with van der Waals surface area (Å²) in [6, 6.07) is 6.17. The summed E-state index contributed by atoms with van der Waals surface area (Å²) in [4.78, 5) is 12.0. The van der Waals surface area contributed by atoms with Gasteiger partial charge in [0.05, 0.1) is 22.3 Å². The van der Waals surface area contributed by atoms with Crippen molar-refractivity contribution in [1.82, 2.24) is 4.72 Å². The summed E-state index contributed by atoms with van der Waals surface area (Å²) in [6.07, 6.45) is 0. The molecule has 2 rings (SSSR count). The summed E-state index contributed by atoms with van der Waals surface area (Å²) in [7, 11) is -7.63. The van der Waals surface area contributed by atoms with Crippen LogP contribution in [0.1, 0.15) is 0 Å². The molecule has 1 aromatic rings. The van der Waals surface area contributed by atoms with Crippen LogP contribution in [-0.2, 0) is 24.7 Å². The highest BCUT2D eigenvalue weighted by molar-refractivity contribution is 7.92. The van der Waals surface area contributed by atoms with Gasteiger partial charge in [-0.3, -0.25) is 4.79 Å². The van der Waals surface area contributed by atoms with Crippen LogP contribution >= 0.6 is 34.8 Å². The fraction of sp³-hybridized carbons (Fsp3) is 0.417. The highest BCUT2D eigenvalue weighted by Gasteiger charge is 2.49. The number of sulfonamides is 1. The molecular formula is C12H12Cl3NO5S2. The monoisotopic (exact) mass is 419 g/mol. The van der Waals surface area contributed by atoms with E-state index in [1.807, 2.05) is 0 Å². The van der Waals surface area contributed by atoms with Crippen LogP contribution in [0.15, 0.2) is 35.2 Å². The first-order chi connectivity index (χ1) is 10.4. The molecule has 0 saturated carbocycles. The molecule has 1 heterocycles. The molecule has 0 aromatic heterocycles. The predicted molar refractivity (Wildman–Crippen MR) is 88.0 cm³/mol. The fourth-order valence-electron chi connectivity index (χ4n) is 2.30. The van der Waals surface area contributed by atoms with E-state index in [-0.39, 0.29) is 4.90 Å². The molecule has 6 nitrogen and oxygen atoms in total. The van der Waals surface area contributed by atoms with Crippen LogP contribution in [0.2, 0.25) is 0 Å². The lowest BCUT2D eigenvalue weighted by molar-refractivity contribution is -0.121. The number of carbonyl (C=O) groups excluding carboxylic acids is 1. The molecule has 1 aliphatic heterocycles. The normalized spacial score (nSPS) is 24.5. The van der Waals surface area contributed by atoms with Crippen molar-refractivity contribution >= 4 is 60.4 Å². The lowest BCUT2D eigenvalue weighted by Gasteiger charge is -2.21. The Balaban J connectivity index is 2.31. The quantitative estimate of drug-likeness (QED) is 0.741. The molecule has 1 aromatic carbocycles. The number of alkyl halides is 3. The Kier molecular flexibility index (Phi) is 5.35. The number of halogens is 3. The van der Waals surface area contributed by atoms with Gasteiger partial charge in [0.2, 0.25) is 13.8 Å². The third-order valence-corrected chi connectivity index (χ3v) is 7.13. The van der Waals surface area contributed by atoms with E-state index in [4.69, 9.17) is 34.8 Å². The molecule has 0 aliphatic carbocycles. The van der Waals surface area contributed by atoms with Gasteiger partial charge < -0.3 is 0 Å². The summed E-state index contributed by atoms with van der Waals surface area (Å²) in [5.41, 5.74) is 0. The van der Waals surface area contributed by atoms with Crippen LogP contribution in [0.25, 0.3) is 0 Å². The Hall–Kier alpha value is -0.380. The number of sulfone groups is 1. The second-order valence-corrected chi connectivity index (χ2v) is 11.2. The molecule has 0 radical (unpaired) electrons. The smallest absolute Gasteiger partial charge is 0.249 e. The summed E-state index contributed by atoms with van der Waals surface area (Å²) >= 11 is 16.6. The summed E-state index contributed by atoms with van der Waals surface area (Å²) in [5, 5.41) is 0. The highest BCUT2D eigenvalue weighted by atomic mass is 35.6. The topological polar surface area (TPSA) is 97.4 Å². The first-order valence-electron chi connectivity index (χ1n) is 6.31. The number of rotatable bonds is 4. The Morgan fingerprint density at radius 3 is 2.22 bits per heavy atom. The summed E-state index contributed by atoms with van der Waals surface area (Å²) in [6.45, 7) is 0.